The highest BCUT2D eigenvalue weighted by Crippen LogP contribution is 2.15. The fourth-order valence-corrected chi connectivity index (χ4v) is 2.33. The Hall–Kier alpha value is -1.22. The van der Waals surface area contributed by atoms with Crippen LogP contribution in [0.25, 0.3) is 0 Å². The van der Waals surface area contributed by atoms with Gasteiger partial charge in [0.15, 0.2) is 0 Å². The van der Waals surface area contributed by atoms with Gasteiger partial charge in [-0.1, -0.05) is 0 Å². The van der Waals surface area contributed by atoms with Gasteiger partial charge < -0.3 is 5.73 Å². The van der Waals surface area contributed by atoms with E-state index in [2.05, 4.69) is 4.72 Å². The molecule has 108 valence electrons. The molecule has 1 aromatic carbocycles. The van der Waals surface area contributed by atoms with Crippen molar-refractivity contribution in [1.29, 1.82) is 0 Å². The van der Waals surface area contributed by atoms with Gasteiger partial charge in [-0.3, -0.25) is 10.1 Å². The Morgan fingerprint density at radius 1 is 1.32 bits per heavy atom. The van der Waals surface area contributed by atoms with Crippen molar-refractivity contribution in [2.45, 2.75) is 24.3 Å². The maximum atomic E-state index is 11.8. The molecule has 0 aromatic heterocycles. The van der Waals surface area contributed by atoms with Gasteiger partial charge in [0, 0.05) is 24.2 Å². The highest BCUT2D eigenvalue weighted by Gasteiger charge is 2.19. The van der Waals surface area contributed by atoms with Gasteiger partial charge in [-0.15, -0.1) is 12.4 Å². The molecule has 19 heavy (non-hydrogen) atoms. The largest absolute Gasteiger partial charge is 0.324 e. The number of nitrogens with two attached hydrogens (primary N) is 1. The molecule has 0 radical (unpaired) electrons. The van der Waals surface area contributed by atoms with E-state index >= 15 is 0 Å². The zero-order valence-corrected chi connectivity index (χ0v) is 12.1. The quantitative estimate of drug-likeness (QED) is 0.622. The zero-order valence-electron chi connectivity index (χ0n) is 10.5. The molecule has 0 atom stereocenters. The number of hydrogen-bond donors (Lipinski definition) is 2. The van der Waals surface area contributed by atoms with Crippen LogP contribution in [-0.4, -0.2) is 25.4 Å². The first-order valence-electron chi connectivity index (χ1n) is 5.15. The molecule has 0 heterocycles. The first-order chi connectivity index (χ1) is 8.12. The molecule has 0 saturated heterocycles. The van der Waals surface area contributed by atoms with Crippen LogP contribution >= 0.6 is 12.4 Å². The SMILES string of the molecule is CC(C)(N)CNS(=O)(=O)c1ccc([N+](=O)[O-])cc1.Cl. The van der Waals surface area contributed by atoms with Crippen molar-refractivity contribution in [2.24, 2.45) is 5.73 Å². The van der Waals surface area contributed by atoms with Crippen LogP contribution in [0.1, 0.15) is 13.8 Å². The van der Waals surface area contributed by atoms with Crippen LogP contribution in [-0.2, 0) is 10.0 Å². The Kier molecular flexibility index (Phi) is 5.88. The smallest absolute Gasteiger partial charge is 0.269 e. The van der Waals surface area contributed by atoms with E-state index in [4.69, 9.17) is 5.73 Å². The lowest BCUT2D eigenvalue weighted by atomic mass is 10.1. The van der Waals surface area contributed by atoms with Crippen molar-refractivity contribution >= 4 is 28.1 Å². The number of benzene rings is 1. The van der Waals surface area contributed by atoms with Crippen LogP contribution in [0.2, 0.25) is 0 Å². The summed E-state index contributed by atoms with van der Waals surface area (Å²) < 4.78 is 26.0. The van der Waals surface area contributed by atoms with Crippen molar-refractivity contribution in [3.05, 3.63) is 34.4 Å². The molecule has 0 bridgehead atoms. The number of halogens is 1. The maximum Gasteiger partial charge on any atom is 0.269 e. The van der Waals surface area contributed by atoms with E-state index in [1.54, 1.807) is 13.8 Å². The lowest BCUT2D eigenvalue weighted by Gasteiger charge is -2.18. The molecule has 0 aliphatic heterocycles. The minimum absolute atomic E-state index is 0. The fourth-order valence-electron chi connectivity index (χ4n) is 1.11. The van der Waals surface area contributed by atoms with E-state index in [1.807, 2.05) is 0 Å². The number of hydrogen-bond acceptors (Lipinski definition) is 5. The van der Waals surface area contributed by atoms with Crippen LogP contribution in [0.3, 0.4) is 0 Å². The molecule has 1 rings (SSSR count). The van der Waals surface area contributed by atoms with Gasteiger partial charge in [-0.25, -0.2) is 13.1 Å². The third kappa shape index (κ3) is 5.52. The predicted molar refractivity (Wildman–Crippen MR) is 73.8 cm³/mol. The number of non-ortho nitro benzene ring substituents is 1. The molecule has 1 aromatic rings. The summed E-state index contributed by atoms with van der Waals surface area (Å²) in [7, 11) is -3.69. The molecule has 0 unspecified atom stereocenters. The van der Waals surface area contributed by atoms with Crippen molar-refractivity contribution in [3.8, 4) is 0 Å². The van der Waals surface area contributed by atoms with Crippen molar-refractivity contribution in [2.75, 3.05) is 6.54 Å². The lowest BCUT2D eigenvalue weighted by molar-refractivity contribution is -0.384. The molecule has 0 amide bonds. The fraction of sp³-hybridized carbons (Fsp3) is 0.400. The van der Waals surface area contributed by atoms with Gasteiger partial charge in [0.2, 0.25) is 10.0 Å². The average Bonchev–Trinajstić information content (AvgIpc) is 2.26. The molecule has 0 aliphatic rings. The lowest BCUT2D eigenvalue weighted by Crippen LogP contribution is -2.45. The highest BCUT2D eigenvalue weighted by molar-refractivity contribution is 7.89. The Morgan fingerprint density at radius 3 is 2.16 bits per heavy atom. The van der Waals surface area contributed by atoms with Gasteiger partial charge in [-0.2, -0.15) is 0 Å². The standard InChI is InChI=1S/C10H15N3O4S.ClH/c1-10(2,11)7-12-18(16,17)9-5-3-8(4-6-9)13(14)15;/h3-6,12H,7,11H2,1-2H3;1H. The van der Waals surface area contributed by atoms with Crippen LogP contribution in [0.15, 0.2) is 29.2 Å². The average molecular weight is 310 g/mol. The normalized spacial score (nSPS) is 11.7. The first-order valence-corrected chi connectivity index (χ1v) is 6.63. The summed E-state index contributed by atoms with van der Waals surface area (Å²) in [5, 5.41) is 10.4. The van der Waals surface area contributed by atoms with Crippen LogP contribution in [0, 0.1) is 10.1 Å². The maximum absolute atomic E-state index is 11.8. The summed E-state index contributed by atoms with van der Waals surface area (Å²) in [5.74, 6) is 0. The Labute approximate surface area is 117 Å². The second kappa shape index (κ2) is 6.29. The third-order valence-electron chi connectivity index (χ3n) is 2.08. The number of rotatable bonds is 5. The summed E-state index contributed by atoms with van der Waals surface area (Å²) in [5.41, 5.74) is 4.84. The molecule has 0 fully saturated rings. The highest BCUT2D eigenvalue weighted by atomic mass is 35.5. The summed E-state index contributed by atoms with van der Waals surface area (Å²) in [6, 6.07) is 4.65. The molecule has 7 nitrogen and oxygen atoms in total. The second-order valence-electron chi connectivity index (χ2n) is 4.56. The van der Waals surface area contributed by atoms with Crippen LogP contribution in [0.5, 0.6) is 0 Å². The van der Waals surface area contributed by atoms with E-state index in [0.29, 0.717) is 0 Å². The Bertz CT molecular complexity index is 537. The van der Waals surface area contributed by atoms with E-state index < -0.39 is 20.5 Å². The van der Waals surface area contributed by atoms with E-state index in [9.17, 15) is 18.5 Å². The van der Waals surface area contributed by atoms with Gasteiger partial charge in [0.1, 0.15) is 0 Å². The number of nitro benzene ring substituents is 1. The van der Waals surface area contributed by atoms with Crippen molar-refractivity contribution in [3.63, 3.8) is 0 Å². The number of sulfonamides is 1. The summed E-state index contributed by atoms with van der Waals surface area (Å²) in [6.45, 7) is 3.45. The minimum Gasteiger partial charge on any atom is -0.324 e. The molecule has 9 heteroatoms. The summed E-state index contributed by atoms with van der Waals surface area (Å²) in [6.07, 6.45) is 0. The predicted octanol–water partition coefficient (Wildman–Crippen LogP) is 1.03. The topological polar surface area (TPSA) is 115 Å². The van der Waals surface area contributed by atoms with Gasteiger partial charge in [0.05, 0.1) is 9.82 Å². The zero-order chi connectivity index (χ0) is 14.0. The van der Waals surface area contributed by atoms with Crippen molar-refractivity contribution in [1.82, 2.24) is 4.72 Å². The Balaban J connectivity index is 0.00000324. The molecule has 0 aliphatic carbocycles. The van der Waals surface area contributed by atoms with Crippen LogP contribution < -0.4 is 10.5 Å². The number of nitrogens with zero attached hydrogens (tertiary/aromatic N) is 1. The molecule has 0 spiro atoms. The van der Waals surface area contributed by atoms with Gasteiger partial charge in [0.25, 0.3) is 5.69 Å². The van der Waals surface area contributed by atoms with E-state index in [0.717, 1.165) is 12.1 Å². The molecule has 0 saturated carbocycles. The molecular weight excluding hydrogens is 294 g/mol. The van der Waals surface area contributed by atoms with E-state index in [-0.39, 0.29) is 29.5 Å². The monoisotopic (exact) mass is 309 g/mol. The first kappa shape index (κ1) is 17.8. The number of nitrogens with one attached hydrogen (secondary N) is 1. The minimum atomic E-state index is -3.69. The summed E-state index contributed by atoms with van der Waals surface area (Å²) >= 11 is 0. The van der Waals surface area contributed by atoms with Gasteiger partial charge >= 0.3 is 0 Å². The second-order valence-corrected chi connectivity index (χ2v) is 6.33. The van der Waals surface area contributed by atoms with Crippen LogP contribution in [0.4, 0.5) is 5.69 Å². The van der Waals surface area contributed by atoms with E-state index in [1.165, 1.54) is 12.1 Å². The Morgan fingerprint density at radius 2 is 1.79 bits per heavy atom. The van der Waals surface area contributed by atoms with Gasteiger partial charge in [-0.05, 0) is 26.0 Å². The number of nitro groups is 1. The molecule has 3 N–H and O–H groups in total. The summed E-state index contributed by atoms with van der Waals surface area (Å²) in [4.78, 5) is 9.82. The van der Waals surface area contributed by atoms with Crippen molar-refractivity contribution < 1.29 is 13.3 Å². The third-order valence-corrected chi connectivity index (χ3v) is 3.49. The molecular formula is C10H16ClN3O4S.